The Kier molecular flexibility index (Phi) is 4.64. The third-order valence-corrected chi connectivity index (χ3v) is 2.86. The molecular formula is C10H22OS. The van der Waals surface area contributed by atoms with Crippen LogP contribution in [0.4, 0.5) is 0 Å². The Bertz CT molecular complexity index is 124. The van der Waals surface area contributed by atoms with Gasteiger partial charge in [0.05, 0.1) is 0 Å². The molecule has 0 unspecified atom stereocenters. The molecule has 0 atom stereocenters. The van der Waals surface area contributed by atoms with E-state index >= 15 is 0 Å². The van der Waals surface area contributed by atoms with Gasteiger partial charge in [-0.25, -0.2) is 0 Å². The van der Waals surface area contributed by atoms with Crippen molar-refractivity contribution in [2.75, 3.05) is 13.7 Å². The second-order valence-corrected chi connectivity index (χ2v) is 7.25. The zero-order chi connectivity index (χ0) is 9.83. The lowest BCUT2D eigenvalue weighted by molar-refractivity contribution is 0.187. The van der Waals surface area contributed by atoms with E-state index < -0.39 is 0 Å². The number of hydrogen-bond donors (Lipinski definition) is 0. The van der Waals surface area contributed by atoms with Crippen LogP contribution in [0.25, 0.3) is 0 Å². The van der Waals surface area contributed by atoms with E-state index in [4.69, 9.17) is 4.74 Å². The van der Waals surface area contributed by atoms with E-state index in [0.717, 1.165) is 13.0 Å². The van der Waals surface area contributed by atoms with E-state index in [0.29, 0.717) is 9.49 Å². The molecule has 12 heavy (non-hydrogen) atoms. The summed E-state index contributed by atoms with van der Waals surface area (Å²) in [4.78, 5) is 0. The highest BCUT2D eigenvalue weighted by Crippen LogP contribution is 2.38. The first kappa shape index (κ1) is 12.3. The fraction of sp³-hybridized carbons (Fsp3) is 1.00. The largest absolute Gasteiger partial charge is 0.385 e. The molecule has 74 valence electrons. The van der Waals surface area contributed by atoms with Crippen LogP contribution in [0.5, 0.6) is 0 Å². The standard InChI is InChI=1S/C10H22OS/c1-9(2,3)12-10(4,5)7-8-11-6/h7-8H2,1-6H3. The minimum Gasteiger partial charge on any atom is -0.385 e. The van der Waals surface area contributed by atoms with Crippen molar-refractivity contribution in [2.45, 2.75) is 50.5 Å². The zero-order valence-electron chi connectivity index (χ0n) is 9.23. The van der Waals surface area contributed by atoms with Crippen LogP contribution in [0, 0.1) is 0 Å². The van der Waals surface area contributed by atoms with E-state index in [1.54, 1.807) is 7.11 Å². The zero-order valence-corrected chi connectivity index (χ0v) is 10.0. The van der Waals surface area contributed by atoms with Gasteiger partial charge in [-0.2, -0.15) is 0 Å². The van der Waals surface area contributed by atoms with Crippen molar-refractivity contribution in [3.8, 4) is 0 Å². The van der Waals surface area contributed by atoms with Gasteiger partial charge in [-0.15, -0.1) is 11.8 Å². The molecule has 0 rings (SSSR count). The van der Waals surface area contributed by atoms with Crippen molar-refractivity contribution in [1.29, 1.82) is 0 Å². The predicted molar refractivity (Wildman–Crippen MR) is 57.9 cm³/mol. The number of ether oxygens (including phenoxy) is 1. The molecule has 2 heteroatoms. The molecule has 0 aromatic rings. The molecule has 0 aliphatic rings. The number of rotatable bonds is 4. The molecule has 0 radical (unpaired) electrons. The van der Waals surface area contributed by atoms with E-state index in [-0.39, 0.29) is 0 Å². The van der Waals surface area contributed by atoms with Crippen LogP contribution in [0.2, 0.25) is 0 Å². The average Bonchev–Trinajstić information content (AvgIpc) is 1.78. The summed E-state index contributed by atoms with van der Waals surface area (Å²) >= 11 is 2.02. The van der Waals surface area contributed by atoms with E-state index in [1.165, 1.54) is 0 Å². The quantitative estimate of drug-likeness (QED) is 0.672. The van der Waals surface area contributed by atoms with Crippen molar-refractivity contribution in [3.05, 3.63) is 0 Å². The van der Waals surface area contributed by atoms with E-state index in [2.05, 4.69) is 34.6 Å². The first-order valence-corrected chi connectivity index (χ1v) is 5.28. The van der Waals surface area contributed by atoms with Crippen molar-refractivity contribution in [2.24, 2.45) is 0 Å². The highest BCUT2D eigenvalue weighted by Gasteiger charge is 2.25. The number of hydrogen-bond acceptors (Lipinski definition) is 2. The second kappa shape index (κ2) is 4.52. The smallest absolute Gasteiger partial charge is 0.0475 e. The topological polar surface area (TPSA) is 9.23 Å². The minimum absolute atomic E-state index is 0.328. The third-order valence-electron chi connectivity index (χ3n) is 1.49. The van der Waals surface area contributed by atoms with Gasteiger partial charge in [0.15, 0.2) is 0 Å². The molecule has 1 nitrogen and oxygen atoms in total. The van der Waals surface area contributed by atoms with Gasteiger partial charge in [0.1, 0.15) is 0 Å². The van der Waals surface area contributed by atoms with Gasteiger partial charge in [0.2, 0.25) is 0 Å². The summed E-state index contributed by atoms with van der Waals surface area (Å²) in [5.41, 5.74) is 0. The lowest BCUT2D eigenvalue weighted by Gasteiger charge is -2.31. The first-order chi connectivity index (χ1) is 5.27. The summed E-state index contributed by atoms with van der Waals surface area (Å²) in [5.74, 6) is 0. The van der Waals surface area contributed by atoms with Gasteiger partial charge in [0.25, 0.3) is 0 Å². The average molecular weight is 190 g/mol. The molecule has 0 bridgehead atoms. The van der Waals surface area contributed by atoms with Crippen molar-refractivity contribution >= 4 is 11.8 Å². The fourth-order valence-electron chi connectivity index (χ4n) is 1.23. The van der Waals surface area contributed by atoms with Crippen LogP contribution in [-0.4, -0.2) is 23.2 Å². The molecule has 0 aliphatic carbocycles. The Hall–Kier alpha value is 0.310. The van der Waals surface area contributed by atoms with Gasteiger partial charge in [-0.1, -0.05) is 34.6 Å². The first-order valence-electron chi connectivity index (χ1n) is 4.46. The molecule has 0 spiro atoms. The molecule has 0 aromatic carbocycles. The maximum atomic E-state index is 5.08. The minimum atomic E-state index is 0.328. The van der Waals surface area contributed by atoms with Crippen LogP contribution in [0.3, 0.4) is 0 Å². The number of methoxy groups -OCH3 is 1. The molecule has 0 N–H and O–H groups in total. The fourth-order valence-corrected chi connectivity index (χ4v) is 3.07. The molecule has 0 heterocycles. The molecule has 0 saturated carbocycles. The maximum Gasteiger partial charge on any atom is 0.0475 e. The summed E-state index contributed by atoms with van der Waals surface area (Å²) in [5, 5.41) is 0. The van der Waals surface area contributed by atoms with Crippen LogP contribution in [0.1, 0.15) is 41.0 Å². The van der Waals surface area contributed by atoms with Gasteiger partial charge >= 0.3 is 0 Å². The van der Waals surface area contributed by atoms with Crippen molar-refractivity contribution in [3.63, 3.8) is 0 Å². The van der Waals surface area contributed by atoms with Crippen LogP contribution in [-0.2, 0) is 4.74 Å². The molecule has 0 aromatic heterocycles. The highest BCUT2D eigenvalue weighted by atomic mass is 32.2. The van der Waals surface area contributed by atoms with Gasteiger partial charge in [-0.3, -0.25) is 0 Å². The summed E-state index contributed by atoms with van der Waals surface area (Å²) in [6.07, 6.45) is 1.12. The highest BCUT2D eigenvalue weighted by molar-refractivity contribution is 8.01. The Morgan fingerprint density at radius 2 is 1.58 bits per heavy atom. The van der Waals surface area contributed by atoms with E-state index in [1.807, 2.05) is 11.8 Å². The van der Waals surface area contributed by atoms with Gasteiger partial charge in [0, 0.05) is 23.2 Å². The van der Waals surface area contributed by atoms with Gasteiger partial charge in [-0.05, 0) is 6.42 Å². The molecular weight excluding hydrogens is 168 g/mol. The Labute approximate surface area is 81.3 Å². The molecule has 0 amide bonds. The summed E-state index contributed by atoms with van der Waals surface area (Å²) < 4.78 is 5.75. The van der Waals surface area contributed by atoms with Crippen LogP contribution >= 0.6 is 11.8 Å². The van der Waals surface area contributed by atoms with Crippen LogP contribution in [0.15, 0.2) is 0 Å². The Morgan fingerprint density at radius 1 is 1.08 bits per heavy atom. The Morgan fingerprint density at radius 3 is 1.92 bits per heavy atom. The summed E-state index contributed by atoms with van der Waals surface area (Å²) in [7, 11) is 1.76. The normalized spacial score (nSPS) is 13.5. The maximum absolute atomic E-state index is 5.08. The monoisotopic (exact) mass is 190 g/mol. The molecule has 0 saturated heterocycles. The van der Waals surface area contributed by atoms with Crippen molar-refractivity contribution < 1.29 is 4.74 Å². The second-order valence-electron chi connectivity index (χ2n) is 4.72. The van der Waals surface area contributed by atoms with Crippen molar-refractivity contribution in [1.82, 2.24) is 0 Å². The molecule has 0 aliphatic heterocycles. The van der Waals surface area contributed by atoms with Gasteiger partial charge < -0.3 is 4.74 Å². The summed E-state index contributed by atoms with van der Waals surface area (Å²) in [6.45, 7) is 12.2. The van der Waals surface area contributed by atoms with E-state index in [9.17, 15) is 0 Å². The lowest BCUT2D eigenvalue weighted by Crippen LogP contribution is -2.24. The third kappa shape index (κ3) is 6.99. The SMILES string of the molecule is COCCC(C)(C)SC(C)(C)C. The lowest BCUT2D eigenvalue weighted by atomic mass is 10.1. The molecule has 0 fully saturated rings. The number of thioether (sulfide) groups is 1. The summed E-state index contributed by atoms with van der Waals surface area (Å²) in [6, 6.07) is 0. The predicted octanol–water partition coefficient (Wildman–Crippen LogP) is 3.33. The van der Waals surface area contributed by atoms with Crippen LogP contribution < -0.4 is 0 Å². The Balaban J connectivity index is 3.86.